The molecule has 118 valence electrons. The molecule has 0 bridgehead atoms. The molecule has 0 spiro atoms. The number of benzene rings is 2. The van der Waals surface area contributed by atoms with E-state index in [1.165, 1.54) is 6.92 Å². The summed E-state index contributed by atoms with van der Waals surface area (Å²) in [6.07, 6.45) is -1.07. The van der Waals surface area contributed by atoms with Crippen molar-refractivity contribution in [2.24, 2.45) is 0 Å². The van der Waals surface area contributed by atoms with Gasteiger partial charge in [0.05, 0.1) is 6.07 Å². The molecule has 3 N–H and O–H groups in total. The molecule has 23 heavy (non-hydrogen) atoms. The molecular formula is C17H17N3O3. The van der Waals surface area contributed by atoms with Crippen molar-refractivity contribution >= 4 is 22.8 Å². The standard InChI is InChI=1S/C17H17N3O3/c1-11(10-18)19-16(21)15(20-17(22)23)9-12-6-7-13-4-2-3-5-14(13)8-12/h2-8,11,15,20H,9H2,1H3,(H,19,21)(H,22,23). The Bertz CT molecular complexity index is 767. The van der Waals surface area contributed by atoms with E-state index in [-0.39, 0.29) is 6.42 Å². The first kappa shape index (κ1) is 16.3. The second kappa shape index (κ2) is 7.27. The number of hydrogen-bond acceptors (Lipinski definition) is 3. The maximum absolute atomic E-state index is 12.1. The fourth-order valence-electron chi connectivity index (χ4n) is 2.31. The highest BCUT2D eigenvalue weighted by molar-refractivity contribution is 5.87. The molecule has 0 heterocycles. The van der Waals surface area contributed by atoms with Crippen molar-refractivity contribution in [1.82, 2.24) is 10.6 Å². The van der Waals surface area contributed by atoms with E-state index in [9.17, 15) is 9.59 Å². The minimum atomic E-state index is -1.28. The van der Waals surface area contributed by atoms with E-state index < -0.39 is 24.1 Å². The summed E-state index contributed by atoms with van der Waals surface area (Å²) in [5.74, 6) is -0.519. The highest BCUT2D eigenvalue weighted by Gasteiger charge is 2.22. The zero-order valence-corrected chi connectivity index (χ0v) is 12.6. The van der Waals surface area contributed by atoms with Gasteiger partial charge in [-0.2, -0.15) is 5.26 Å². The number of amides is 2. The van der Waals surface area contributed by atoms with Crippen molar-refractivity contribution in [2.75, 3.05) is 0 Å². The Balaban J connectivity index is 2.19. The van der Waals surface area contributed by atoms with Gasteiger partial charge >= 0.3 is 6.09 Å². The van der Waals surface area contributed by atoms with Gasteiger partial charge < -0.3 is 15.7 Å². The smallest absolute Gasteiger partial charge is 0.405 e. The SMILES string of the molecule is CC(C#N)NC(=O)C(Cc1ccc2ccccc2c1)NC(=O)O. The summed E-state index contributed by atoms with van der Waals surface area (Å²) in [5, 5.41) is 24.4. The van der Waals surface area contributed by atoms with Gasteiger partial charge in [-0.25, -0.2) is 4.79 Å². The topological polar surface area (TPSA) is 102 Å². The molecule has 2 rings (SSSR count). The maximum Gasteiger partial charge on any atom is 0.405 e. The molecule has 0 fully saturated rings. The summed E-state index contributed by atoms with van der Waals surface area (Å²) < 4.78 is 0. The molecule has 2 aromatic carbocycles. The third-order valence-electron chi connectivity index (χ3n) is 3.42. The predicted molar refractivity (Wildman–Crippen MR) is 85.8 cm³/mol. The second-order valence-electron chi connectivity index (χ2n) is 5.25. The summed E-state index contributed by atoms with van der Waals surface area (Å²) in [7, 11) is 0. The number of nitrogens with zero attached hydrogens (tertiary/aromatic N) is 1. The van der Waals surface area contributed by atoms with E-state index in [0.29, 0.717) is 0 Å². The van der Waals surface area contributed by atoms with E-state index in [1.807, 2.05) is 48.5 Å². The van der Waals surface area contributed by atoms with Crippen LogP contribution in [0.3, 0.4) is 0 Å². The monoisotopic (exact) mass is 311 g/mol. The zero-order chi connectivity index (χ0) is 16.8. The zero-order valence-electron chi connectivity index (χ0n) is 12.6. The van der Waals surface area contributed by atoms with Crippen molar-refractivity contribution in [2.45, 2.75) is 25.4 Å². The maximum atomic E-state index is 12.1. The lowest BCUT2D eigenvalue weighted by atomic mass is 10.0. The first-order chi connectivity index (χ1) is 11.0. The first-order valence-electron chi connectivity index (χ1n) is 7.16. The summed E-state index contributed by atoms with van der Waals surface area (Å²) >= 11 is 0. The van der Waals surface area contributed by atoms with Crippen LogP contribution in [0.15, 0.2) is 42.5 Å². The molecule has 2 aromatic rings. The third-order valence-corrected chi connectivity index (χ3v) is 3.42. The third kappa shape index (κ3) is 4.45. The van der Waals surface area contributed by atoms with Crippen molar-refractivity contribution < 1.29 is 14.7 Å². The average Bonchev–Trinajstić information content (AvgIpc) is 2.53. The molecule has 0 aliphatic heterocycles. The molecule has 0 aliphatic rings. The van der Waals surface area contributed by atoms with Gasteiger partial charge in [0.1, 0.15) is 12.1 Å². The lowest BCUT2D eigenvalue weighted by Crippen LogP contribution is -2.49. The number of hydrogen-bond donors (Lipinski definition) is 3. The fraction of sp³-hybridized carbons (Fsp3) is 0.235. The Hall–Kier alpha value is -3.07. The van der Waals surface area contributed by atoms with Crippen molar-refractivity contribution in [3.8, 4) is 6.07 Å². The summed E-state index contributed by atoms with van der Waals surface area (Å²) in [4.78, 5) is 23.0. The number of carbonyl (C=O) groups is 2. The van der Waals surface area contributed by atoms with Gasteiger partial charge in [0.15, 0.2) is 0 Å². The van der Waals surface area contributed by atoms with Gasteiger partial charge in [0, 0.05) is 6.42 Å². The molecule has 2 amide bonds. The highest BCUT2D eigenvalue weighted by Crippen LogP contribution is 2.16. The van der Waals surface area contributed by atoms with Gasteiger partial charge in [-0.05, 0) is 23.3 Å². The van der Waals surface area contributed by atoms with E-state index in [4.69, 9.17) is 10.4 Å². The number of carbonyl (C=O) groups excluding carboxylic acids is 1. The van der Waals surface area contributed by atoms with Crippen LogP contribution in [0.2, 0.25) is 0 Å². The minimum Gasteiger partial charge on any atom is -0.465 e. The average molecular weight is 311 g/mol. The Morgan fingerprint density at radius 3 is 2.52 bits per heavy atom. The lowest BCUT2D eigenvalue weighted by molar-refractivity contribution is -0.123. The molecule has 0 saturated carbocycles. The summed E-state index contributed by atoms with van der Waals surface area (Å²) in [6.45, 7) is 1.53. The Morgan fingerprint density at radius 2 is 1.87 bits per heavy atom. The Labute approximate surface area is 133 Å². The highest BCUT2D eigenvalue weighted by atomic mass is 16.4. The van der Waals surface area contributed by atoms with Gasteiger partial charge in [-0.15, -0.1) is 0 Å². The van der Waals surface area contributed by atoms with Crippen molar-refractivity contribution in [3.05, 3.63) is 48.0 Å². The van der Waals surface area contributed by atoms with E-state index in [2.05, 4.69) is 10.6 Å². The van der Waals surface area contributed by atoms with Crippen LogP contribution in [0, 0.1) is 11.3 Å². The second-order valence-corrected chi connectivity index (χ2v) is 5.25. The molecule has 2 unspecified atom stereocenters. The number of nitriles is 1. The largest absolute Gasteiger partial charge is 0.465 e. The van der Waals surface area contributed by atoms with Gasteiger partial charge in [0.25, 0.3) is 0 Å². The summed E-state index contributed by atoms with van der Waals surface area (Å²) in [6, 6.07) is 13.8. The first-order valence-corrected chi connectivity index (χ1v) is 7.16. The molecule has 0 radical (unpaired) electrons. The van der Waals surface area contributed by atoms with E-state index in [0.717, 1.165) is 16.3 Å². The van der Waals surface area contributed by atoms with Gasteiger partial charge in [0.2, 0.25) is 5.91 Å². The van der Waals surface area contributed by atoms with Crippen LogP contribution in [0.1, 0.15) is 12.5 Å². The molecule has 0 saturated heterocycles. The number of nitrogens with one attached hydrogen (secondary N) is 2. The molecule has 2 atom stereocenters. The predicted octanol–water partition coefficient (Wildman–Crippen LogP) is 2.05. The molecule has 0 aliphatic carbocycles. The van der Waals surface area contributed by atoms with Crippen LogP contribution in [-0.4, -0.2) is 29.2 Å². The number of carboxylic acid groups (broad SMARTS) is 1. The van der Waals surface area contributed by atoms with Crippen LogP contribution in [0.5, 0.6) is 0 Å². The van der Waals surface area contributed by atoms with E-state index >= 15 is 0 Å². The molecular weight excluding hydrogens is 294 g/mol. The Morgan fingerprint density at radius 1 is 1.17 bits per heavy atom. The van der Waals surface area contributed by atoms with Crippen LogP contribution < -0.4 is 10.6 Å². The fourth-order valence-corrected chi connectivity index (χ4v) is 2.31. The summed E-state index contributed by atoms with van der Waals surface area (Å²) in [5.41, 5.74) is 0.835. The van der Waals surface area contributed by atoms with Crippen molar-refractivity contribution in [3.63, 3.8) is 0 Å². The van der Waals surface area contributed by atoms with Crippen molar-refractivity contribution in [1.29, 1.82) is 5.26 Å². The minimum absolute atomic E-state index is 0.209. The number of fused-ring (bicyclic) bond motifs is 1. The normalized spacial score (nSPS) is 12.9. The quantitative estimate of drug-likeness (QED) is 0.786. The van der Waals surface area contributed by atoms with Crippen LogP contribution in [0.4, 0.5) is 4.79 Å². The van der Waals surface area contributed by atoms with Crippen LogP contribution in [-0.2, 0) is 11.2 Å². The molecule has 0 aromatic heterocycles. The van der Waals surface area contributed by atoms with Crippen LogP contribution in [0.25, 0.3) is 10.8 Å². The number of rotatable bonds is 5. The van der Waals surface area contributed by atoms with Gasteiger partial charge in [-0.1, -0.05) is 42.5 Å². The van der Waals surface area contributed by atoms with Gasteiger partial charge in [-0.3, -0.25) is 4.79 Å². The molecule has 6 nitrogen and oxygen atoms in total. The van der Waals surface area contributed by atoms with E-state index in [1.54, 1.807) is 0 Å². The Kier molecular flexibility index (Phi) is 5.15. The lowest BCUT2D eigenvalue weighted by Gasteiger charge is -2.18. The molecule has 6 heteroatoms. The van der Waals surface area contributed by atoms with Crippen LogP contribution >= 0.6 is 0 Å².